The average Bonchev–Trinajstić information content (AvgIpc) is 3.14. The first-order chi connectivity index (χ1) is 11.2. The van der Waals surface area contributed by atoms with Gasteiger partial charge in [0, 0.05) is 11.2 Å². The van der Waals surface area contributed by atoms with Crippen LogP contribution in [0.1, 0.15) is 5.69 Å². The maximum atomic E-state index is 11.9. The number of pyridine rings is 1. The lowest BCUT2D eigenvalue weighted by Gasteiger charge is -1.99. The van der Waals surface area contributed by atoms with Crippen molar-refractivity contribution in [3.63, 3.8) is 0 Å². The predicted octanol–water partition coefficient (Wildman–Crippen LogP) is 2.27. The van der Waals surface area contributed by atoms with Crippen molar-refractivity contribution in [2.24, 2.45) is 0 Å². The molecule has 23 heavy (non-hydrogen) atoms. The quantitative estimate of drug-likeness (QED) is 0.576. The molecule has 0 saturated carbocycles. The highest BCUT2D eigenvalue weighted by Gasteiger charge is 2.12. The molecule has 3 heterocycles. The number of fused-ring (bicyclic) bond motifs is 1. The smallest absolute Gasteiger partial charge is 0.406 e. The van der Waals surface area contributed by atoms with Crippen molar-refractivity contribution in [3.8, 4) is 5.69 Å². The van der Waals surface area contributed by atoms with Crippen LogP contribution in [0.5, 0.6) is 0 Å². The van der Waals surface area contributed by atoms with E-state index < -0.39 is 5.76 Å². The first-order valence-electron chi connectivity index (χ1n) is 6.82. The Labute approximate surface area is 134 Å². The third-order valence-corrected chi connectivity index (χ3v) is 3.63. The molecule has 0 unspecified atom stereocenters. The molecule has 114 valence electrons. The fraction of sp³-hybridized carbons (Fsp3) is 0.0667. The van der Waals surface area contributed by atoms with Crippen LogP contribution in [0.15, 0.2) is 58.0 Å². The monoisotopic (exact) mass is 327 g/mol. The van der Waals surface area contributed by atoms with Crippen LogP contribution in [0.3, 0.4) is 0 Å². The summed E-state index contributed by atoms with van der Waals surface area (Å²) in [4.78, 5) is 16.1. The van der Waals surface area contributed by atoms with Gasteiger partial charge in [0.1, 0.15) is 5.69 Å². The molecule has 0 fully saturated rings. The number of aromatic nitrogens is 5. The molecule has 0 aliphatic carbocycles. The van der Waals surface area contributed by atoms with E-state index in [1.54, 1.807) is 41.3 Å². The second-order valence-corrected chi connectivity index (χ2v) is 5.35. The Morgan fingerprint density at radius 3 is 2.83 bits per heavy atom. The summed E-state index contributed by atoms with van der Waals surface area (Å²) < 4.78 is 8.19. The SMILES string of the molecule is O=c1oc2cccnc2n1Cc1cn(-c2ccc(Cl)cc2)nn1. The normalized spacial score (nSPS) is 11.2. The topological polar surface area (TPSA) is 78.7 Å². The van der Waals surface area contributed by atoms with Gasteiger partial charge in [-0.3, -0.25) is 4.57 Å². The predicted molar refractivity (Wildman–Crippen MR) is 83.7 cm³/mol. The summed E-state index contributed by atoms with van der Waals surface area (Å²) in [5.41, 5.74) is 2.38. The van der Waals surface area contributed by atoms with Gasteiger partial charge in [0.15, 0.2) is 11.2 Å². The van der Waals surface area contributed by atoms with Gasteiger partial charge in [-0.05, 0) is 36.4 Å². The minimum Gasteiger partial charge on any atom is -0.406 e. The highest BCUT2D eigenvalue weighted by molar-refractivity contribution is 6.30. The Morgan fingerprint density at radius 1 is 1.17 bits per heavy atom. The fourth-order valence-corrected chi connectivity index (χ4v) is 2.42. The van der Waals surface area contributed by atoms with Gasteiger partial charge in [-0.2, -0.15) is 0 Å². The van der Waals surface area contributed by atoms with E-state index in [1.165, 1.54) is 4.57 Å². The molecule has 0 aliphatic heterocycles. The third-order valence-electron chi connectivity index (χ3n) is 3.38. The molecular formula is C15H10ClN5O2. The first kappa shape index (κ1) is 13.7. The molecule has 0 amide bonds. The molecule has 0 radical (unpaired) electrons. The van der Waals surface area contributed by atoms with E-state index in [0.29, 0.717) is 21.9 Å². The maximum Gasteiger partial charge on any atom is 0.421 e. The van der Waals surface area contributed by atoms with Crippen LogP contribution in [0.25, 0.3) is 16.9 Å². The van der Waals surface area contributed by atoms with E-state index in [2.05, 4.69) is 15.3 Å². The molecule has 3 aromatic heterocycles. The Balaban J connectivity index is 1.68. The van der Waals surface area contributed by atoms with Crippen LogP contribution in [-0.4, -0.2) is 24.5 Å². The van der Waals surface area contributed by atoms with Crippen LogP contribution in [-0.2, 0) is 6.54 Å². The van der Waals surface area contributed by atoms with Crippen molar-refractivity contribution in [3.05, 3.63) is 70.1 Å². The maximum absolute atomic E-state index is 11.9. The molecule has 4 aromatic rings. The van der Waals surface area contributed by atoms with E-state index in [0.717, 1.165) is 5.69 Å². The van der Waals surface area contributed by atoms with E-state index in [4.69, 9.17) is 16.0 Å². The molecule has 0 saturated heterocycles. The molecule has 0 bridgehead atoms. The zero-order valence-electron chi connectivity index (χ0n) is 11.8. The average molecular weight is 328 g/mol. The molecule has 8 heteroatoms. The molecule has 0 aliphatic rings. The highest BCUT2D eigenvalue weighted by Crippen LogP contribution is 2.14. The van der Waals surface area contributed by atoms with Crippen molar-refractivity contribution in [2.45, 2.75) is 6.54 Å². The lowest BCUT2D eigenvalue weighted by molar-refractivity contribution is 0.515. The van der Waals surface area contributed by atoms with Gasteiger partial charge in [-0.25, -0.2) is 14.5 Å². The zero-order chi connectivity index (χ0) is 15.8. The van der Waals surface area contributed by atoms with Gasteiger partial charge in [-0.1, -0.05) is 16.8 Å². The van der Waals surface area contributed by atoms with Crippen molar-refractivity contribution >= 4 is 22.8 Å². The van der Waals surface area contributed by atoms with Gasteiger partial charge >= 0.3 is 5.76 Å². The molecular weight excluding hydrogens is 318 g/mol. The number of oxazole rings is 1. The van der Waals surface area contributed by atoms with Crippen molar-refractivity contribution in [2.75, 3.05) is 0 Å². The Morgan fingerprint density at radius 2 is 2.00 bits per heavy atom. The first-order valence-corrected chi connectivity index (χ1v) is 7.20. The third kappa shape index (κ3) is 2.51. The van der Waals surface area contributed by atoms with Gasteiger partial charge in [0.2, 0.25) is 0 Å². The van der Waals surface area contributed by atoms with E-state index >= 15 is 0 Å². The highest BCUT2D eigenvalue weighted by atomic mass is 35.5. The van der Waals surface area contributed by atoms with Gasteiger partial charge in [0.05, 0.1) is 18.4 Å². The lowest BCUT2D eigenvalue weighted by atomic mass is 10.3. The number of hydrogen-bond acceptors (Lipinski definition) is 5. The van der Waals surface area contributed by atoms with Crippen molar-refractivity contribution < 1.29 is 4.42 Å². The van der Waals surface area contributed by atoms with E-state index in [1.807, 2.05) is 12.1 Å². The number of benzene rings is 1. The van der Waals surface area contributed by atoms with Gasteiger partial charge < -0.3 is 4.42 Å². The van der Waals surface area contributed by atoms with Crippen LogP contribution in [0, 0.1) is 0 Å². The molecule has 1 aromatic carbocycles. The Bertz CT molecular complexity index is 1030. The van der Waals surface area contributed by atoms with Crippen molar-refractivity contribution in [1.29, 1.82) is 0 Å². The molecule has 0 spiro atoms. The fourth-order valence-electron chi connectivity index (χ4n) is 2.29. The number of nitrogens with zero attached hydrogens (tertiary/aromatic N) is 5. The van der Waals surface area contributed by atoms with Crippen molar-refractivity contribution in [1.82, 2.24) is 24.5 Å². The van der Waals surface area contributed by atoms with E-state index in [-0.39, 0.29) is 6.54 Å². The van der Waals surface area contributed by atoms with E-state index in [9.17, 15) is 4.79 Å². The summed E-state index contributed by atoms with van der Waals surface area (Å²) in [7, 11) is 0. The summed E-state index contributed by atoms with van der Waals surface area (Å²) in [5, 5.41) is 8.80. The zero-order valence-corrected chi connectivity index (χ0v) is 12.5. The number of halogens is 1. The summed E-state index contributed by atoms with van der Waals surface area (Å²) >= 11 is 5.87. The lowest BCUT2D eigenvalue weighted by Crippen LogP contribution is -2.15. The summed E-state index contributed by atoms with van der Waals surface area (Å²) in [6, 6.07) is 10.6. The van der Waals surface area contributed by atoms with Crippen LogP contribution < -0.4 is 5.76 Å². The summed E-state index contributed by atoms with van der Waals surface area (Å²) in [5.74, 6) is -0.472. The molecule has 4 rings (SSSR count). The Hall–Kier alpha value is -2.93. The largest absolute Gasteiger partial charge is 0.421 e. The summed E-state index contributed by atoms with van der Waals surface area (Å²) in [6.45, 7) is 0.233. The van der Waals surface area contributed by atoms with Crippen LogP contribution in [0.4, 0.5) is 0 Å². The Kier molecular flexibility index (Phi) is 3.20. The number of hydrogen-bond donors (Lipinski definition) is 0. The molecule has 0 atom stereocenters. The standard InChI is InChI=1S/C15H10ClN5O2/c16-10-3-5-12(6-4-10)21-9-11(18-19-21)8-20-14-13(23-15(20)22)2-1-7-17-14/h1-7,9H,8H2. The molecule has 7 nitrogen and oxygen atoms in total. The number of rotatable bonds is 3. The van der Waals surface area contributed by atoms with Gasteiger partial charge in [0.25, 0.3) is 0 Å². The molecule has 0 N–H and O–H groups in total. The minimum absolute atomic E-state index is 0.233. The second-order valence-electron chi connectivity index (χ2n) is 4.91. The van der Waals surface area contributed by atoms with Crippen LogP contribution in [0.2, 0.25) is 5.02 Å². The minimum atomic E-state index is -0.472. The second kappa shape index (κ2) is 5.36. The summed E-state index contributed by atoms with van der Waals surface area (Å²) in [6.07, 6.45) is 3.36. The van der Waals surface area contributed by atoms with Gasteiger partial charge in [-0.15, -0.1) is 5.10 Å². The van der Waals surface area contributed by atoms with Crippen LogP contribution >= 0.6 is 11.6 Å².